The summed E-state index contributed by atoms with van der Waals surface area (Å²) < 4.78 is 1.88. The van der Waals surface area contributed by atoms with Crippen molar-refractivity contribution in [3.63, 3.8) is 0 Å². The standard InChI is InChI=1S/C28H29N7O/c1-20-23(18-31-35(20)22-13-6-3-7-14-22)25-19-30-24-15-16-26(33-27(24)32-25)34-28(36)29-17-9-8-12-21-10-4-2-5-11-21/h2-4,6-7,10,13-16,18-19H,5,8-9,11-12,17H2,1H3,(H2,29,32,33,34,36). The maximum Gasteiger partial charge on any atom is 0.320 e. The van der Waals surface area contributed by atoms with Crippen LogP contribution in [0.3, 0.4) is 0 Å². The Morgan fingerprint density at radius 2 is 1.94 bits per heavy atom. The van der Waals surface area contributed by atoms with Crippen LogP contribution in [0.25, 0.3) is 28.1 Å². The molecule has 36 heavy (non-hydrogen) atoms. The van der Waals surface area contributed by atoms with Crippen LogP contribution in [0.4, 0.5) is 10.6 Å². The topological polar surface area (TPSA) is 97.6 Å². The van der Waals surface area contributed by atoms with E-state index in [4.69, 9.17) is 4.98 Å². The Labute approximate surface area is 210 Å². The molecule has 182 valence electrons. The molecule has 3 aromatic heterocycles. The number of anilines is 1. The highest BCUT2D eigenvalue weighted by atomic mass is 16.2. The van der Waals surface area contributed by atoms with Crippen molar-refractivity contribution in [2.45, 2.75) is 39.0 Å². The lowest BCUT2D eigenvalue weighted by atomic mass is 10.00. The summed E-state index contributed by atoms with van der Waals surface area (Å²) in [5.41, 5.74) is 6.11. The van der Waals surface area contributed by atoms with Crippen molar-refractivity contribution in [1.29, 1.82) is 0 Å². The van der Waals surface area contributed by atoms with E-state index in [1.807, 2.05) is 41.9 Å². The highest BCUT2D eigenvalue weighted by molar-refractivity contribution is 5.89. The first-order valence-corrected chi connectivity index (χ1v) is 12.3. The predicted molar refractivity (Wildman–Crippen MR) is 142 cm³/mol. The van der Waals surface area contributed by atoms with Crippen LogP contribution in [0.15, 0.2) is 78.7 Å². The fraction of sp³-hybridized carbons (Fsp3) is 0.250. The molecule has 0 saturated carbocycles. The average molecular weight is 480 g/mol. The molecule has 0 spiro atoms. The van der Waals surface area contributed by atoms with Gasteiger partial charge in [-0.2, -0.15) is 5.10 Å². The molecule has 2 N–H and O–H groups in total. The fourth-order valence-corrected chi connectivity index (χ4v) is 4.29. The lowest BCUT2D eigenvalue weighted by Gasteiger charge is -2.10. The molecule has 4 aromatic rings. The Hall–Kier alpha value is -4.33. The van der Waals surface area contributed by atoms with E-state index >= 15 is 0 Å². The molecule has 0 atom stereocenters. The molecule has 8 nitrogen and oxygen atoms in total. The van der Waals surface area contributed by atoms with Gasteiger partial charge in [0.15, 0.2) is 5.65 Å². The summed E-state index contributed by atoms with van der Waals surface area (Å²) in [5, 5.41) is 10.2. The number of nitrogens with zero attached hydrogens (tertiary/aromatic N) is 5. The number of fused-ring (bicyclic) bond motifs is 1. The number of benzene rings is 1. The van der Waals surface area contributed by atoms with E-state index in [0.29, 0.717) is 29.2 Å². The van der Waals surface area contributed by atoms with Crippen LogP contribution in [0.2, 0.25) is 0 Å². The Balaban J connectivity index is 1.21. The van der Waals surface area contributed by atoms with E-state index < -0.39 is 0 Å². The van der Waals surface area contributed by atoms with E-state index in [0.717, 1.165) is 49.0 Å². The van der Waals surface area contributed by atoms with Crippen LogP contribution in [-0.2, 0) is 0 Å². The van der Waals surface area contributed by atoms with Gasteiger partial charge in [0.1, 0.15) is 11.3 Å². The molecule has 5 rings (SSSR count). The van der Waals surface area contributed by atoms with Gasteiger partial charge in [-0.1, -0.05) is 42.0 Å². The number of unbranched alkanes of at least 4 members (excludes halogenated alkanes) is 1. The van der Waals surface area contributed by atoms with Crippen LogP contribution in [0.5, 0.6) is 0 Å². The molecule has 3 heterocycles. The van der Waals surface area contributed by atoms with Crippen molar-refractivity contribution in [2.75, 3.05) is 11.9 Å². The zero-order valence-electron chi connectivity index (χ0n) is 20.3. The molecule has 1 aliphatic carbocycles. The number of para-hydroxylation sites is 1. The highest BCUT2D eigenvalue weighted by Crippen LogP contribution is 2.24. The number of amides is 2. The van der Waals surface area contributed by atoms with Crippen LogP contribution in [-0.4, -0.2) is 37.3 Å². The van der Waals surface area contributed by atoms with Crippen molar-refractivity contribution in [1.82, 2.24) is 30.0 Å². The van der Waals surface area contributed by atoms with E-state index in [1.165, 1.54) is 5.57 Å². The van der Waals surface area contributed by atoms with Crippen molar-refractivity contribution in [2.24, 2.45) is 0 Å². The van der Waals surface area contributed by atoms with Gasteiger partial charge in [0, 0.05) is 12.1 Å². The lowest BCUT2D eigenvalue weighted by molar-refractivity contribution is 0.252. The lowest BCUT2D eigenvalue weighted by Crippen LogP contribution is -2.29. The normalized spacial score (nSPS) is 13.0. The monoisotopic (exact) mass is 479 g/mol. The molecule has 0 bridgehead atoms. The number of aromatic nitrogens is 5. The summed E-state index contributed by atoms with van der Waals surface area (Å²) in [4.78, 5) is 26.1. The van der Waals surface area contributed by atoms with Gasteiger partial charge in [0.2, 0.25) is 0 Å². The summed E-state index contributed by atoms with van der Waals surface area (Å²) in [6.45, 7) is 2.62. The minimum Gasteiger partial charge on any atom is -0.338 e. The molecule has 1 aromatic carbocycles. The van der Waals surface area contributed by atoms with Gasteiger partial charge < -0.3 is 5.32 Å². The van der Waals surface area contributed by atoms with Gasteiger partial charge in [-0.25, -0.2) is 19.4 Å². The molecular weight excluding hydrogens is 450 g/mol. The molecule has 0 radical (unpaired) electrons. The molecule has 0 fully saturated rings. The Morgan fingerprint density at radius 1 is 1.06 bits per heavy atom. The molecule has 8 heteroatoms. The number of carbonyl (C=O) groups is 1. The van der Waals surface area contributed by atoms with Gasteiger partial charge in [-0.3, -0.25) is 10.3 Å². The number of allylic oxidation sites excluding steroid dienone is 4. The maximum atomic E-state index is 12.4. The number of hydrogen-bond donors (Lipinski definition) is 2. The molecule has 0 unspecified atom stereocenters. The quantitative estimate of drug-likeness (QED) is 0.313. The van der Waals surface area contributed by atoms with Crippen LogP contribution >= 0.6 is 0 Å². The van der Waals surface area contributed by atoms with E-state index in [-0.39, 0.29) is 6.03 Å². The van der Waals surface area contributed by atoms with Gasteiger partial charge in [0.25, 0.3) is 0 Å². The minimum absolute atomic E-state index is 0.272. The first-order chi connectivity index (χ1) is 17.7. The van der Waals surface area contributed by atoms with Crippen molar-refractivity contribution in [3.05, 3.63) is 84.4 Å². The summed E-state index contributed by atoms with van der Waals surface area (Å²) in [7, 11) is 0. The Kier molecular flexibility index (Phi) is 7.12. The average Bonchev–Trinajstić information content (AvgIpc) is 3.30. The van der Waals surface area contributed by atoms with Crippen LogP contribution in [0, 0.1) is 6.92 Å². The number of nitrogens with one attached hydrogen (secondary N) is 2. The van der Waals surface area contributed by atoms with E-state index in [2.05, 4.69) is 43.9 Å². The number of carbonyl (C=O) groups excluding carboxylic acids is 1. The van der Waals surface area contributed by atoms with E-state index in [1.54, 1.807) is 24.5 Å². The maximum absolute atomic E-state index is 12.4. The van der Waals surface area contributed by atoms with Gasteiger partial charge in [-0.05, 0) is 63.3 Å². The minimum atomic E-state index is -0.272. The second-order valence-electron chi connectivity index (χ2n) is 8.82. The first-order valence-electron chi connectivity index (χ1n) is 12.3. The zero-order chi connectivity index (χ0) is 24.7. The Bertz CT molecular complexity index is 1420. The van der Waals surface area contributed by atoms with Crippen molar-refractivity contribution < 1.29 is 4.79 Å². The summed E-state index contributed by atoms with van der Waals surface area (Å²) >= 11 is 0. The van der Waals surface area contributed by atoms with Crippen LogP contribution < -0.4 is 10.6 Å². The molecule has 0 saturated heterocycles. The van der Waals surface area contributed by atoms with Gasteiger partial charge in [0.05, 0.1) is 29.5 Å². The fourth-order valence-electron chi connectivity index (χ4n) is 4.29. The smallest absolute Gasteiger partial charge is 0.320 e. The second-order valence-corrected chi connectivity index (χ2v) is 8.82. The number of urea groups is 1. The molecular formula is C28H29N7O. The molecule has 2 amide bonds. The summed E-state index contributed by atoms with van der Waals surface area (Å²) in [5.74, 6) is 0.433. The summed E-state index contributed by atoms with van der Waals surface area (Å²) in [6.07, 6.45) is 15.4. The second kappa shape index (κ2) is 10.9. The molecule has 1 aliphatic rings. The summed E-state index contributed by atoms with van der Waals surface area (Å²) in [6, 6.07) is 13.2. The number of pyridine rings is 1. The number of rotatable bonds is 8. The van der Waals surface area contributed by atoms with Gasteiger partial charge >= 0.3 is 6.03 Å². The van der Waals surface area contributed by atoms with Crippen LogP contribution in [0.1, 0.15) is 37.8 Å². The van der Waals surface area contributed by atoms with Crippen molar-refractivity contribution in [3.8, 4) is 16.9 Å². The highest BCUT2D eigenvalue weighted by Gasteiger charge is 2.13. The largest absolute Gasteiger partial charge is 0.338 e. The third kappa shape index (κ3) is 5.49. The number of hydrogen-bond acceptors (Lipinski definition) is 5. The SMILES string of the molecule is Cc1c(-c2cnc3ccc(NC(=O)NCCCCC4=CC=CCC4)nc3n2)cnn1-c1ccccc1. The first kappa shape index (κ1) is 23.4. The van der Waals surface area contributed by atoms with Crippen molar-refractivity contribution >= 4 is 23.0 Å². The predicted octanol–water partition coefficient (Wildman–Crippen LogP) is 5.75. The third-order valence-electron chi connectivity index (χ3n) is 6.25. The Morgan fingerprint density at radius 3 is 2.78 bits per heavy atom. The van der Waals surface area contributed by atoms with Gasteiger partial charge in [-0.15, -0.1) is 0 Å². The third-order valence-corrected chi connectivity index (χ3v) is 6.25. The van der Waals surface area contributed by atoms with E-state index in [9.17, 15) is 4.79 Å². The molecule has 0 aliphatic heterocycles. The zero-order valence-corrected chi connectivity index (χ0v) is 20.3.